The van der Waals surface area contributed by atoms with Gasteiger partial charge < -0.3 is 0 Å². The SMILES string of the molecule is O=Cc1ccc2cnc(-c3cccc(Br)c3)n2c1. The largest absolute Gasteiger partial charge is 0.299 e. The molecule has 4 heteroatoms. The lowest BCUT2D eigenvalue weighted by molar-refractivity contribution is 0.112. The lowest BCUT2D eigenvalue weighted by Gasteiger charge is -2.02. The number of carbonyl (C=O) groups excluding carboxylic acids is 1. The van der Waals surface area contributed by atoms with Crippen LogP contribution in [0.25, 0.3) is 16.9 Å². The summed E-state index contributed by atoms with van der Waals surface area (Å²) in [4.78, 5) is 15.2. The van der Waals surface area contributed by atoms with Crippen LogP contribution in [0.1, 0.15) is 10.4 Å². The van der Waals surface area contributed by atoms with Gasteiger partial charge in [-0.1, -0.05) is 28.1 Å². The number of nitrogens with zero attached hydrogens (tertiary/aromatic N) is 2. The molecule has 0 aliphatic heterocycles. The van der Waals surface area contributed by atoms with Gasteiger partial charge in [-0.2, -0.15) is 0 Å². The smallest absolute Gasteiger partial charge is 0.151 e. The highest BCUT2D eigenvalue weighted by Gasteiger charge is 2.07. The summed E-state index contributed by atoms with van der Waals surface area (Å²) in [7, 11) is 0. The van der Waals surface area contributed by atoms with E-state index in [0.717, 1.165) is 27.7 Å². The number of pyridine rings is 1. The summed E-state index contributed by atoms with van der Waals surface area (Å²) < 4.78 is 2.93. The molecule has 0 N–H and O–H groups in total. The van der Waals surface area contributed by atoms with Gasteiger partial charge in [0.25, 0.3) is 0 Å². The lowest BCUT2D eigenvalue weighted by Crippen LogP contribution is -1.91. The summed E-state index contributed by atoms with van der Waals surface area (Å²) in [5, 5.41) is 0. The highest BCUT2D eigenvalue weighted by Crippen LogP contribution is 2.23. The van der Waals surface area contributed by atoms with Crippen LogP contribution in [0.5, 0.6) is 0 Å². The molecule has 18 heavy (non-hydrogen) atoms. The number of benzene rings is 1. The molecule has 0 spiro atoms. The number of hydrogen-bond acceptors (Lipinski definition) is 2. The van der Waals surface area contributed by atoms with Crippen molar-refractivity contribution in [2.24, 2.45) is 0 Å². The molecule has 3 nitrogen and oxygen atoms in total. The van der Waals surface area contributed by atoms with E-state index in [-0.39, 0.29) is 0 Å². The second-order valence-electron chi connectivity index (χ2n) is 3.97. The molecule has 0 saturated heterocycles. The second-order valence-corrected chi connectivity index (χ2v) is 4.88. The zero-order valence-electron chi connectivity index (χ0n) is 9.38. The molecular formula is C14H9BrN2O. The Kier molecular flexibility index (Phi) is 2.72. The van der Waals surface area contributed by atoms with Crippen LogP contribution in [-0.4, -0.2) is 15.7 Å². The molecular weight excluding hydrogens is 292 g/mol. The van der Waals surface area contributed by atoms with Crippen molar-refractivity contribution in [1.29, 1.82) is 0 Å². The third-order valence-electron chi connectivity index (χ3n) is 2.77. The van der Waals surface area contributed by atoms with Gasteiger partial charge in [0.15, 0.2) is 6.29 Å². The van der Waals surface area contributed by atoms with Gasteiger partial charge in [-0.25, -0.2) is 4.98 Å². The van der Waals surface area contributed by atoms with E-state index >= 15 is 0 Å². The number of rotatable bonds is 2. The van der Waals surface area contributed by atoms with Crippen LogP contribution in [0.15, 0.2) is 53.3 Å². The van der Waals surface area contributed by atoms with Crippen molar-refractivity contribution < 1.29 is 4.79 Å². The molecule has 1 aromatic carbocycles. The topological polar surface area (TPSA) is 34.4 Å². The maximum absolute atomic E-state index is 10.8. The molecule has 2 heterocycles. The van der Waals surface area contributed by atoms with Gasteiger partial charge in [-0.15, -0.1) is 0 Å². The highest BCUT2D eigenvalue weighted by atomic mass is 79.9. The Morgan fingerprint density at radius 3 is 2.89 bits per heavy atom. The van der Waals surface area contributed by atoms with Gasteiger partial charge in [0.2, 0.25) is 0 Å². The molecule has 0 fully saturated rings. The van der Waals surface area contributed by atoms with Crippen molar-refractivity contribution in [1.82, 2.24) is 9.38 Å². The molecule has 0 saturated carbocycles. The minimum Gasteiger partial charge on any atom is -0.299 e. The Hall–Kier alpha value is -1.94. The van der Waals surface area contributed by atoms with Crippen LogP contribution < -0.4 is 0 Å². The number of carbonyl (C=O) groups is 1. The number of aromatic nitrogens is 2. The first-order valence-corrected chi connectivity index (χ1v) is 6.25. The van der Waals surface area contributed by atoms with Gasteiger partial charge in [0, 0.05) is 21.8 Å². The van der Waals surface area contributed by atoms with Crippen molar-refractivity contribution in [2.75, 3.05) is 0 Å². The van der Waals surface area contributed by atoms with E-state index in [4.69, 9.17) is 0 Å². The van der Waals surface area contributed by atoms with Gasteiger partial charge in [0.1, 0.15) is 5.82 Å². The summed E-state index contributed by atoms with van der Waals surface area (Å²) in [5.41, 5.74) is 2.61. The van der Waals surface area contributed by atoms with Crippen LogP contribution in [0.4, 0.5) is 0 Å². The molecule has 0 atom stereocenters. The van der Waals surface area contributed by atoms with E-state index in [1.807, 2.05) is 34.7 Å². The molecule has 0 radical (unpaired) electrons. The molecule has 0 amide bonds. The lowest BCUT2D eigenvalue weighted by atomic mass is 10.2. The number of halogens is 1. The normalized spacial score (nSPS) is 10.7. The van der Waals surface area contributed by atoms with Crippen molar-refractivity contribution >= 4 is 27.7 Å². The fraction of sp³-hybridized carbons (Fsp3) is 0. The summed E-state index contributed by atoms with van der Waals surface area (Å²) in [6, 6.07) is 11.6. The zero-order chi connectivity index (χ0) is 12.5. The fourth-order valence-electron chi connectivity index (χ4n) is 1.92. The number of imidazole rings is 1. The van der Waals surface area contributed by atoms with Gasteiger partial charge >= 0.3 is 0 Å². The van der Waals surface area contributed by atoms with E-state index in [1.54, 1.807) is 18.5 Å². The minimum atomic E-state index is 0.636. The number of hydrogen-bond donors (Lipinski definition) is 0. The highest BCUT2D eigenvalue weighted by molar-refractivity contribution is 9.10. The number of fused-ring (bicyclic) bond motifs is 1. The maximum atomic E-state index is 10.8. The van der Waals surface area contributed by atoms with Gasteiger partial charge in [0.05, 0.1) is 11.7 Å². The molecule has 0 unspecified atom stereocenters. The summed E-state index contributed by atoms with van der Waals surface area (Å²) in [6.07, 6.45) is 4.43. The third-order valence-corrected chi connectivity index (χ3v) is 3.26. The Bertz CT molecular complexity index is 733. The van der Waals surface area contributed by atoms with E-state index in [2.05, 4.69) is 20.9 Å². The van der Waals surface area contributed by atoms with Crippen molar-refractivity contribution in [3.05, 3.63) is 58.8 Å². The van der Waals surface area contributed by atoms with Crippen LogP contribution in [0.2, 0.25) is 0 Å². The van der Waals surface area contributed by atoms with E-state index in [1.165, 1.54) is 0 Å². The van der Waals surface area contributed by atoms with Crippen LogP contribution in [0.3, 0.4) is 0 Å². The molecule has 3 rings (SSSR count). The summed E-state index contributed by atoms with van der Waals surface area (Å²) >= 11 is 3.45. The Morgan fingerprint density at radius 1 is 1.22 bits per heavy atom. The van der Waals surface area contributed by atoms with Crippen LogP contribution >= 0.6 is 15.9 Å². The molecule has 88 valence electrons. The molecule has 0 aliphatic rings. The van der Waals surface area contributed by atoms with Crippen LogP contribution in [-0.2, 0) is 0 Å². The molecule has 0 bridgehead atoms. The predicted octanol–water partition coefficient (Wildman–Crippen LogP) is 3.58. The second kappa shape index (κ2) is 4.38. The first kappa shape index (κ1) is 11.2. The van der Waals surface area contributed by atoms with E-state index in [0.29, 0.717) is 5.56 Å². The summed E-state index contributed by atoms with van der Waals surface area (Å²) in [6.45, 7) is 0. The Labute approximate surface area is 112 Å². The standard InChI is InChI=1S/C14H9BrN2O/c15-12-3-1-2-11(6-12)14-16-7-13-5-4-10(9-18)8-17(13)14/h1-9H. The third kappa shape index (κ3) is 1.84. The predicted molar refractivity (Wildman–Crippen MR) is 73.7 cm³/mol. The molecule has 2 aromatic heterocycles. The maximum Gasteiger partial charge on any atom is 0.151 e. The van der Waals surface area contributed by atoms with Crippen molar-refractivity contribution in [3.8, 4) is 11.4 Å². The van der Waals surface area contributed by atoms with E-state index in [9.17, 15) is 4.79 Å². The molecule has 3 aromatic rings. The van der Waals surface area contributed by atoms with Gasteiger partial charge in [-0.05, 0) is 24.3 Å². The average Bonchev–Trinajstić information content (AvgIpc) is 2.81. The minimum absolute atomic E-state index is 0.636. The quantitative estimate of drug-likeness (QED) is 0.678. The number of aldehydes is 1. The van der Waals surface area contributed by atoms with Gasteiger partial charge in [-0.3, -0.25) is 9.20 Å². The Morgan fingerprint density at radius 2 is 2.11 bits per heavy atom. The average molecular weight is 301 g/mol. The molecule has 0 aliphatic carbocycles. The summed E-state index contributed by atoms with van der Waals surface area (Å²) in [5.74, 6) is 0.829. The fourth-order valence-corrected chi connectivity index (χ4v) is 2.32. The first-order chi connectivity index (χ1) is 8.78. The van der Waals surface area contributed by atoms with Crippen molar-refractivity contribution in [3.63, 3.8) is 0 Å². The monoisotopic (exact) mass is 300 g/mol. The first-order valence-electron chi connectivity index (χ1n) is 5.46. The Balaban J connectivity index is 2.26. The van der Waals surface area contributed by atoms with Crippen LogP contribution in [0, 0.1) is 0 Å². The van der Waals surface area contributed by atoms with E-state index < -0.39 is 0 Å². The zero-order valence-corrected chi connectivity index (χ0v) is 11.0. The van der Waals surface area contributed by atoms with Crippen molar-refractivity contribution in [2.45, 2.75) is 0 Å².